The number of hydrogen-bond acceptors (Lipinski definition) is 2. The van der Waals surface area contributed by atoms with Crippen molar-refractivity contribution in [2.24, 2.45) is 4.99 Å². The summed E-state index contributed by atoms with van der Waals surface area (Å²) in [5, 5.41) is 8.03. The Labute approximate surface area is 139 Å². The largest absolute Gasteiger partial charge is 0.356 e. The Morgan fingerprint density at radius 3 is 2.74 bits per heavy atom. The normalized spacial score (nSPS) is 12.1. The van der Waals surface area contributed by atoms with Gasteiger partial charge in [-0.25, -0.2) is 0 Å². The first-order valence-electron chi connectivity index (χ1n) is 8.41. The third kappa shape index (κ3) is 5.28. The molecule has 0 atom stereocenters. The van der Waals surface area contributed by atoms with Gasteiger partial charge in [0.05, 0.1) is 0 Å². The third-order valence-electron chi connectivity index (χ3n) is 4.10. The number of nitrogens with zero attached hydrogens (tertiary/aromatic N) is 3. The number of rotatable bonds is 8. The van der Waals surface area contributed by atoms with Crippen molar-refractivity contribution in [1.82, 2.24) is 20.1 Å². The number of aromatic nitrogens is 1. The average molecular weight is 315 g/mol. The highest BCUT2D eigenvalue weighted by molar-refractivity contribution is 5.80. The van der Waals surface area contributed by atoms with E-state index in [9.17, 15) is 0 Å². The van der Waals surface area contributed by atoms with Crippen LogP contribution in [0.2, 0.25) is 0 Å². The number of aryl methyl sites for hydroxylation is 1. The van der Waals surface area contributed by atoms with E-state index < -0.39 is 0 Å². The molecule has 0 spiro atoms. The zero-order valence-corrected chi connectivity index (χ0v) is 14.5. The van der Waals surface area contributed by atoms with E-state index in [1.165, 1.54) is 10.9 Å². The molecule has 1 heterocycles. The van der Waals surface area contributed by atoms with Crippen LogP contribution in [0.1, 0.15) is 13.3 Å². The Hall–Kier alpha value is -2.01. The van der Waals surface area contributed by atoms with E-state index in [1.54, 1.807) is 0 Å². The molecule has 0 amide bonds. The first kappa shape index (κ1) is 17.3. The van der Waals surface area contributed by atoms with Crippen molar-refractivity contribution in [3.05, 3.63) is 36.5 Å². The second-order valence-electron chi connectivity index (χ2n) is 5.74. The molecule has 5 nitrogen and oxygen atoms in total. The van der Waals surface area contributed by atoms with Gasteiger partial charge in [-0.05, 0) is 37.5 Å². The summed E-state index contributed by atoms with van der Waals surface area (Å²) in [7, 11) is 3.94. The molecule has 0 unspecified atom stereocenters. The minimum absolute atomic E-state index is 0.881. The van der Waals surface area contributed by atoms with Gasteiger partial charge in [0.2, 0.25) is 0 Å². The summed E-state index contributed by atoms with van der Waals surface area (Å²) in [6.45, 7) is 7.08. The Kier molecular flexibility index (Phi) is 6.94. The van der Waals surface area contributed by atoms with Crippen molar-refractivity contribution < 1.29 is 0 Å². The zero-order chi connectivity index (χ0) is 16.5. The Balaban J connectivity index is 1.69. The van der Waals surface area contributed by atoms with E-state index in [0.29, 0.717) is 0 Å². The Bertz CT molecular complexity index is 617. The van der Waals surface area contributed by atoms with Crippen LogP contribution >= 0.6 is 0 Å². The van der Waals surface area contributed by atoms with Gasteiger partial charge in [-0.3, -0.25) is 4.99 Å². The van der Waals surface area contributed by atoms with Crippen LogP contribution in [0.5, 0.6) is 0 Å². The maximum absolute atomic E-state index is 4.26. The number of likely N-dealkylation sites (N-methyl/N-ethyl adjacent to an activating group) is 1. The predicted molar refractivity (Wildman–Crippen MR) is 99.1 cm³/mol. The molecule has 0 aliphatic rings. The maximum Gasteiger partial charge on any atom is 0.191 e. The molecule has 2 aromatic rings. The summed E-state index contributed by atoms with van der Waals surface area (Å²) in [6, 6.07) is 10.7. The fourth-order valence-corrected chi connectivity index (χ4v) is 2.54. The van der Waals surface area contributed by atoms with E-state index >= 15 is 0 Å². The van der Waals surface area contributed by atoms with Crippen LogP contribution in [0, 0.1) is 0 Å². The molecule has 0 aliphatic heterocycles. The molecule has 0 fully saturated rings. The topological polar surface area (TPSA) is 44.6 Å². The first-order valence-corrected chi connectivity index (χ1v) is 8.41. The van der Waals surface area contributed by atoms with E-state index in [0.717, 1.165) is 45.1 Å². The number of aliphatic imine (C=N–C) groups is 1. The molecule has 5 heteroatoms. The van der Waals surface area contributed by atoms with Crippen LogP contribution in [0.4, 0.5) is 0 Å². The van der Waals surface area contributed by atoms with Crippen molar-refractivity contribution in [3.63, 3.8) is 0 Å². The monoisotopic (exact) mass is 315 g/mol. The summed E-state index contributed by atoms with van der Waals surface area (Å²) in [4.78, 5) is 6.54. The van der Waals surface area contributed by atoms with Gasteiger partial charge in [0.15, 0.2) is 5.96 Å². The number of nitrogens with one attached hydrogen (secondary N) is 2. The van der Waals surface area contributed by atoms with Crippen molar-refractivity contribution in [3.8, 4) is 0 Å². The zero-order valence-electron chi connectivity index (χ0n) is 14.5. The van der Waals surface area contributed by atoms with E-state index in [4.69, 9.17) is 0 Å². The van der Waals surface area contributed by atoms with Gasteiger partial charge in [0, 0.05) is 44.9 Å². The fourth-order valence-electron chi connectivity index (χ4n) is 2.54. The smallest absolute Gasteiger partial charge is 0.191 e. The third-order valence-corrected chi connectivity index (χ3v) is 4.10. The number of hydrogen-bond donors (Lipinski definition) is 2. The second-order valence-corrected chi connectivity index (χ2v) is 5.74. The molecule has 2 rings (SSSR count). The van der Waals surface area contributed by atoms with Crippen molar-refractivity contribution in [1.29, 1.82) is 0 Å². The van der Waals surface area contributed by atoms with Crippen molar-refractivity contribution in [2.75, 3.05) is 40.3 Å². The van der Waals surface area contributed by atoms with Crippen LogP contribution in [0.3, 0.4) is 0 Å². The van der Waals surface area contributed by atoms with Gasteiger partial charge in [0.25, 0.3) is 0 Å². The Morgan fingerprint density at radius 2 is 1.96 bits per heavy atom. The molecule has 23 heavy (non-hydrogen) atoms. The molecule has 0 bridgehead atoms. The first-order chi connectivity index (χ1) is 11.2. The quantitative estimate of drug-likeness (QED) is 0.446. The summed E-state index contributed by atoms with van der Waals surface area (Å²) >= 11 is 0. The molecular weight excluding hydrogens is 286 g/mol. The summed E-state index contributed by atoms with van der Waals surface area (Å²) in [6.07, 6.45) is 3.23. The number of guanidine groups is 1. The molecule has 126 valence electrons. The molecule has 0 radical (unpaired) electrons. The van der Waals surface area contributed by atoms with Crippen LogP contribution in [-0.2, 0) is 6.54 Å². The molecule has 0 saturated heterocycles. The molecule has 1 aromatic heterocycles. The highest BCUT2D eigenvalue weighted by atomic mass is 15.2. The van der Waals surface area contributed by atoms with Gasteiger partial charge >= 0.3 is 0 Å². The van der Waals surface area contributed by atoms with Crippen LogP contribution in [0.15, 0.2) is 41.5 Å². The number of fused-ring (bicyclic) bond motifs is 1. The van der Waals surface area contributed by atoms with Crippen LogP contribution < -0.4 is 10.6 Å². The molecule has 2 N–H and O–H groups in total. The summed E-state index contributed by atoms with van der Waals surface area (Å²) in [5.74, 6) is 0.881. The highest BCUT2D eigenvalue weighted by Gasteiger charge is 2.01. The van der Waals surface area contributed by atoms with Gasteiger partial charge in [-0.1, -0.05) is 25.1 Å². The van der Waals surface area contributed by atoms with Gasteiger partial charge in [-0.2, -0.15) is 0 Å². The molecular formula is C18H29N5. The lowest BCUT2D eigenvalue weighted by molar-refractivity contribution is 0.357. The van der Waals surface area contributed by atoms with Crippen molar-refractivity contribution in [2.45, 2.75) is 19.9 Å². The average Bonchev–Trinajstić information content (AvgIpc) is 3.00. The van der Waals surface area contributed by atoms with Crippen LogP contribution in [-0.4, -0.2) is 55.7 Å². The second kappa shape index (κ2) is 9.20. The van der Waals surface area contributed by atoms with Gasteiger partial charge < -0.3 is 20.1 Å². The van der Waals surface area contributed by atoms with Crippen molar-refractivity contribution >= 4 is 16.9 Å². The van der Waals surface area contributed by atoms with Gasteiger partial charge in [0.1, 0.15) is 0 Å². The predicted octanol–water partition coefficient (Wildman–Crippen LogP) is 2.15. The van der Waals surface area contributed by atoms with Gasteiger partial charge in [-0.15, -0.1) is 0 Å². The lowest BCUT2D eigenvalue weighted by atomic mass is 10.2. The highest BCUT2D eigenvalue weighted by Crippen LogP contribution is 2.15. The number of para-hydroxylation sites is 1. The fraction of sp³-hybridized carbons (Fsp3) is 0.500. The molecule has 0 aliphatic carbocycles. The minimum Gasteiger partial charge on any atom is -0.356 e. The Morgan fingerprint density at radius 1 is 1.17 bits per heavy atom. The van der Waals surface area contributed by atoms with E-state index in [1.807, 2.05) is 7.05 Å². The molecule has 0 saturated carbocycles. The molecule has 1 aromatic carbocycles. The summed E-state index contributed by atoms with van der Waals surface area (Å²) in [5.41, 5.74) is 1.30. The van der Waals surface area contributed by atoms with E-state index in [2.05, 4.69) is 75.6 Å². The van der Waals surface area contributed by atoms with Crippen LogP contribution in [0.25, 0.3) is 10.9 Å². The SMILES string of the molecule is CCN(C)CCNC(=NC)NCCCn1ccc2ccccc21. The number of benzene rings is 1. The minimum atomic E-state index is 0.881. The lowest BCUT2D eigenvalue weighted by Gasteiger charge is -2.16. The maximum atomic E-state index is 4.26. The lowest BCUT2D eigenvalue weighted by Crippen LogP contribution is -2.41. The summed E-state index contributed by atoms with van der Waals surface area (Å²) < 4.78 is 2.31. The van der Waals surface area contributed by atoms with E-state index in [-0.39, 0.29) is 0 Å². The standard InChI is InChI=1S/C18H29N5/c1-4-22(3)15-12-21-18(19-2)20-11-7-13-23-14-10-16-8-5-6-9-17(16)23/h5-6,8-10,14H,4,7,11-13,15H2,1-3H3,(H2,19,20,21).